The summed E-state index contributed by atoms with van der Waals surface area (Å²) in [7, 11) is 0. The first kappa shape index (κ1) is 51.0. The summed E-state index contributed by atoms with van der Waals surface area (Å²) in [6.07, 6.45) is 4.84. The standard InChI is InChI=1S/C11H21NO4.2C11H19NO3.C11H19NO2/c1-11(2,3)16-10(15)12-5-4-8(6-12)9(14)7-13;2*1-11(2,3)15-10(13)12-5-4-8(6-12)9-7-14-9;1-5-9-6-7-12(8-9)10(13)14-11(2,3)4/h8-9,13-14H,4-7H2,1-3H3;2*8-9H,4-7H2,1-3H3;5,9H,1,6-8H2,2-4H3/t8-,9-;8-,9?;8-,9+;9-/m0000/s1. The normalized spacial score (nSPS) is 26.6. The predicted molar refractivity (Wildman–Crippen MR) is 226 cm³/mol. The van der Waals surface area contributed by atoms with Crippen LogP contribution in [0, 0.1) is 23.7 Å². The maximum Gasteiger partial charge on any atom is 0.410 e. The lowest BCUT2D eigenvalue weighted by Gasteiger charge is -2.24. The summed E-state index contributed by atoms with van der Waals surface area (Å²) in [6.45, 7) is 33.4. The number of rotatable bonds is 5. The minimum Gasteiger partial charge on any atom is -0.444 e. The van der Waals surface area contributed by atoms with Gasteiger partial charge in [0.25, 0.3) is 0 Å². The van der Waals surface area contributed by atoms with E-state index in [1.165, 1.54) is 0 Å². The molecule has 0 aromatic rings. The van der Waals surface area contributed by atoms with Gasteiger partial charge in [-0.2, -0.15) is 0 Å². The minimum atomic E-state index is -0.743. The Balaban J connectivity index is 0.000000214. The first-order valence-electron chi connectivity index (χ1n) is 21.7. The molecule has 0 saturated carbocycles. The van der Waals surface area contributed by atoms with Gasteiger partial charge < -0.3 is 58.2 Å². The van der Waals surface area contributed by atoms with Gasteiger partial charge in [0.2, 0.25) is 0 Å². The van der Waals surface area contributed by atoms with Crippen LogP contribution in [0.1, 0.15) is 109 Å². The van der Waals surface area contributed by atoms with E-state index in [-0.39, 0.29) is 36.9 Å². The van der Waals surface area contributed by atoms with Crippen molar-refractivity contribution < 1.29 is 57.8 Å². The maximum atomic E-state index is 11.7. The number of epoxide rings is 2. The van der Waals surface area contributed by atoms with Crippen LogP contribution < -0.4 is 0 Å². The molecule has 346 valence electrons. The van der Waals surface area contributed by atoms with Crippen molar-refractivity contribution >= 4 is 24.4 Å². The fourth-order valence-electron chi connectivity index (χ4n) is 7.04. The molecule has 6 aliphatic rings. The summed E-state index contributed by atoms with van der Waals surface area (Å²) in [5.41, 5.74) is -1.69. The lowest BCUT2D eigenvalue weighted by Crippen LogP contribution is -2.36. The molecule has 0 radical (unpaired) electrons. The van der Waals surface area contributed by atoms with Gasteiger partial charge in [-0.15, -0.1) is 6.58 Å². The van der Waals surface area contributed by atoms with Crippen molar-refractivity contribution in [2.24, 2.45) is 23.7 Å². The highest BCUT2D eigenvalue weighted by molar-refractivity contribution is 5.69. The van der Waals surface area contributed by atoms with Gasteiger partial charge in [0, 0.05) is 70.1 Å². The lowest BCUT2D eigenvalue weighted by molar-refractivity contribution is 0.0226. The number of aliphatic hydroxyl groups excluding tert-OH is 2. The van der Waals surface area contributed by atoms with Crippen molar-refractivity contribution in [2.75, 3.05) is 72.2 Å². The summed E-state index contributed by atoms with van der Waals surface area (Å²) in [6, 6.07) is 0. The van der Waals surface area contributed by atoms with Crippen molar-refractivity contribution in [1.29, 1.82) is 0 Å². The highest BCUT2D eigenvalue weighted by atomic mass is 16.6. The molecule has 1 unspecified atom stereocenters. The van der Waals surface area contributed by atoms with Crippen LogP contribution in [0.5, 0.6) is 0 Å². The van der Waals surface area contributed by atoms with E-state index >= 15 is 0 Å². The maximum absolute atomic E-state index is 11.7. The van der Waals surface area contributed by atoms with Gasteiger partial charge in [0.05, 0.1) is 38.1 Å². The lowest BCUT2D eigenvalue weighted by atomic mass is 10.0. The number of amides is 4. The quantitative estimate of drug-likeness (QED) is 0.179. The minimum absolute atomic E-state index is 0.0440. The van der Waals surface area contributed by atoms with Crippen molar-refractivity contribution in [3.63, 3.8) is 0 Å². The van der Waals surface area contributed by atoms with Gasteiger partial charge in [-0.05, 0) is 115 Å². The molecule has 0 bridgehead atoms. The molecule has 6 rings (SSSR count). The van der Waals surface area contributed by atoms with E-state index in [1.54, 1.807) is 19.6 Å². The zero-order valence-corrected chi connectivity index (χ0v) is 38.7. The van der Waals surface area contributed by atoms with Crippen LogP contribution in [0.15, 0.2) is 12.7 Å². The Labute approximate surface area is 359 Å². The molecule has 0 aromatic heterocycles. The Hall–Kier alpha value is -3.34. The third-order valence-corrected chi connectivity index (χ3v) is 10.3. The summed E-state index contributed by atoms with van der Waals surface area (Å²) in [4.78, 5) is 53.6. The second-order valence-electron chi connectivity index (χ2n) is 20.6. The fourth-order valence-corrected chi connectivity index (χ4v) is 7.04. The number of aliphatic hydroxyl groups is 2. The third kappa shape index (κ3) is 19.1. The summed E-state index contributed by atoms with van der Waals surface area (Å²) in [5, 5.41) is 18.3. The molecule has 6 aliphatic heterocycles. The Morgan fingerprint density at radius 3 is 1.20 bits per heavy atom. The molecule has 4 amide bonds. The number of ether oxygens (including phenoxy) is 6. The predicted octanol–water partition coefficient (Wildman–Crippen LogP) is 6.31. The zero-order chi connectivity index (χ0) is 45.2. The number of likely N-dealkylation sites (tertiary alicyclic amines) is 4. The van der Waals surface area contributed by atoms with E-state index in [2.05, 4.69) is 6.58 Å². The van der Waals surface area contributed by atoms with Gasteiger partial charge in [0.1, 0.15) is 22.4 Å². The number of carbonyl (C=O) groups excluding carboxylic acids is 4. The largest absolute Gasteiger partial charge is 0.444 e. The Morgan fingerprint density at radius 2 is 0.900 bits per heavy atom. The third-order valence-electron chi connectivity index (χ3n) is 10.3. The van der Waals surface area contributed by atoms with Crippen LogP contribution >= 0.6 is 0 Å². The van der Waals surface area contributed by atoms with Crippen LogP contribution in [0.3, 0.4) is 0 Å². The Bertz CT molecular complexity index is 1360. The van der Waals surface area contributed by atoms with Crippen LogP contribution in [0.4, 0.5) is 19.2 Å². The average molecular weight is 855 g/mol. The molecule has 16 heteroatoms. The zero-order valence-electron chi connectivity index (χ0n) is 38.7. The van der Waals surface area contributed by atoms with Crippen LogP contribution in [-0.4, -0.2) is 167 Å². The molecule has 60 heavy (non-hydrogen) atoms. The molecular formula is C44H78N4O12. The molecule has 0 aliphatic carbocycles. The number of nitrogens with zero attached hydrogens (tertiary/aromatic N) is 4. The molecule has 6 fully saturated rings. The van der Waals surface area contributed by atoms with Gasteiger partial charge in [-0.3, -0.25) is 0 Å². The number of hydrogen-bond donors (Lipinski definition) is 2. The van der Waals surface area contributed by atoms with Crippen LogP contribution in [-0.2, 0) is 28.4 Å². The van der Waals surface area contributed by atoms with E-state index in [1.807, 2.05) is 89.2 Å². The fraction of sp³-hybridized carbons (Fsp3) is 0.864. The van der Waals surface area contributed by atoms with E-state index in [9.17, 15) is 24.3 Å². The number of carbonyl (C=O) groups is 4. The number of hydrogen-bond acceptors (Lipinski definition) is 12. The van der Waals surface area contributed by atoms with Crippen molar-refractivity contribution in [3.8, 4) is 0 Å². The van der Waals surface area contributed by atoms with Gasteiger partial charge >= 0.3 is 24.4 Å². The van der Waals surface area contributed by atoms with Crippen molar-refractivity contribution in [2.45, 2.75) is 149 Å². The van der Waals surface area contributed by atoms with E-state index < -0.39 is 28.5 Å². The smallest absolute Gasteiger partial charge is 0.410 e. The average Bonchev–Trinajstić information content (AvgIpc) is 3.84. The monoisotopic (exact) mass is 855 g/mol. The molecule has 6 heterocycles. The molecule has 2 N–H and O–H groups in total. The highest BCUT2D eigenvalue weighted by Crippen LogP contribution is 2.31. The van der Waals surface area contributed by atoms with Crippen molar-refractivity contribution in [3.05, 3.63) is 12.7 Å². The first-order chi connectivity index (χ1) is 27.7. The summed E-state index contributed by atoms with van der Waals surface area (Å²) in [5.74, 6) is 1.44. The molecule has 16 nitrogen and oxygen atoms in total. The van der Waals surface area contributed by atoms with Crippen molar-refractivity contribution in [1.82, 2.24) is 19.6 Å². The first-order valence-corrected chi connectivity index (χ1v) is 21.7. The van der Waals surface area contributed by atoms with Gasteiger partial charge in [-0.25, -0.2) is 19.2 Å². The Kier molecular flexibility index (Phi) is 18.4. The topological polar surface area (TPSA) is 184 Å². The van der Waals surface area contributed by atoms with Crippen LogP contribution in [0.2, 0.25) is 0 Å². The summed E-state index contributed by atoms with van der Waals surface area (Å²) >= 11 is 0. The second-order valence-corrected chi connectivity index (χ2v) is 20.6. The molecule has 6 saturated heterocycles. The van der Waals surface area contributed by atoms with E-state index in [0.717, 1.165) is 71.7 Å². The highest BCUT2D eigenvalue weighted by Gasteiger charge is 2.41. The van der Waals surface area contributed by atoms with E-state index in [0.29, 0.717) is 49.5 Å². The molecule has 0 aromatic carbocycles. The van der Waals surface area contributed by atoms with Crippen LogP contribution in [0.25, 0.3) is 0 Å². The molecule has 7 atom stereocenters. The SMILES string of the molecule is C=C[C@H]1CCN(C(=O)OC(C)(C)C)C1.CC(C)(C)OC(=O)N1CC[C@H](C2CO2)C1.CC(C)(C)OC(=O)N1CC[C@H]([C@@H](O)CO)C1.CC(C)(C)OC(=O)N1CC[C@H]([C@H]2CO2)C1. The summed E-state index contributed by atoms with van der Waals surface area (Å²) < 4.78 is 31.6. The second kappa shape index (κ2) is 21.6. The van der Waals surface area contributed by atoms with Gasteiger partial charge in [0.15, 0.2) is 0 Å². The Morgan fingerprint density at radius 1 is 0.583 bits per heavy atom. The molecular weight excluding hydrogens is 776 g/mol. The molecule has 0 spiro atoms. The van der Waals surface area contributed by atoms with Gasteiger partial charge in [-0.1, -0.05) is 6.08 Å². The van der Waals surface area contributed by atoms with E-state index in [4.69, 9.17) is 33.5 Å².